The third-order valence-electron chi connectivity index (χ3n) is 4.39. The van der Waals surface area contributed by atoms with Gasteiger partial charge in [-0.2, -0.15) is 0 Å². The van der Waals surface area contributed by atoms with Gasteiger partial charge in [-0.25, -0.2) is 0 Å². The number of hydrogen-bond acceptors (Lipinski definition) is 2. The summed E-state index contributed by atoms with van der Waals surface area (Å²) in [5.41, 5.74) is 3.84. The molecule has 1 heterocycles. The van der Waals surface area contributed by atoms with Crippen molar-refractivity contribution in [2.45, 2.75) is 46.1 Å². The Labute approximate surface area is 128 Å². The van der Waals surface area contributed by atoms with Gasteiger partial charge in [-0.15, -0.1) is 0 Å². The van der Waals surface area contributed by atoms with E-state index < -0.39 is 0 Å². The fourth-order valence-electron chi connectivity index (χ4n) is 3.43. The molecular weight excluding hydrogens is 260 g/mol. The van der Waals surface area contributed by atoms with Crippen LogP contribution < -0.4 is 5.32 Å². The SMILES string of the molecule is CCCC1CC(=O)N(CC(NC)c2cc(C)cc(C)c2)C1. The van der Waals surface area contributed by atoms with Gasteiger partial charge in [-0.3, -0.25) is 4.79 Å². The van der Waals surface area contributed by atoms with Crippen LogP contribution in [-0.2, 0) is 4.79 Å². The number of carbonyl (C=O) groups is 1. The zero-order chi connectivity index (χ0) is 15.4. The van der Waals surface area contributed by atoms with Crippen molar-refractivity contribution in [3.05, 3.63) is 34.9 Å². The Morgan fingerprint density at radius 2 is 1.95 bits per heavy atom. The number of carbonyl (C=O) groups excluding carboxylic acids is 1. The molecule has 0 saturated carbocycles. The first kappa shape index (κ1) is 16.0. The summed E-state index contributed by atoms with van der Waals surface area (Å²) in [6.45, 7) is 8.15. The molecule has 2 rings (SSSR count). The Kier molecular flexibility index (Phi) is 5.40. The number of nitrogens with one attached hydrogen (secondary N) is 1. The second-order valence-corrected chi connectivity index (χ2v) is 6.42. The average Bonchev–Trinajstić information content (AvgIpc) is 2.75. The zero-order valence-corrected chi connectivity index (χ0v) is 13.8. The van der Waals surface area contributed by atoms with E-state index in [4.69, 9.17) is 0 Å². The van der Waals surface area contributed by atoms with Crippen LogP contribution in [0.5, 0.6) is 0 Å². The predicted octanol–water partition coefficient (Wildman–Crippen LogP) is 3.21. The number of aryl methyl sites for hydroxylation is 2. The van der Waals surface area contributed by atoms with Crippen LogP contribution in [0.15, 0.2) is 18.2 Å². The van der Waals surface area contributed by atoms with E-state index in [1.54, 1.807) is 0 Å². The van der Waals surface area contributed by atoms with Crippen LogP contribution in [0.3, 0.4) is 0 Å². The van der Waals surface area contributed by atoms with E-state index in [2.05, 4.69) is 44.3 Å². The fraction of sp³-hybridized carbons (Fsp3) is 0.611. The van der Waals surface area contributed by atoms with Gasteiger partial charge in [-0.1, -0.05) is 42.7 Å². The Balaban J connectivity index is 2.07. The Morgan fingerprint density at radius 1 is 1.29 bits per heavy atom. The van der Waals surface area contributed by atoms with E-state index in [1.807, 2.05) is 11.9 Å². The highest BCUT2D eigenvalue weighted by molar-refractivity contribution is 5.78. The lowest BCUT2D eigenvalue weighted by Gasteiger charge is -2.25. The summed E-state index contributed by atoms with van der Waals surface area (Å²) in [4.78, 5) is 14.2. The number of amides is 1. The summed E-state index contributed by atoms with van der Waals surface area (Å²) in [6.07, 6.45) is 3.06. The van der Waals surface area contributed by atoms with Crippen molar-refractivity contribution < 1.29 is 4.79 Å². The first-order valence-electron chi connectivity index (χ1n) is 8.06. The van der Waals surface area contributed by atoms with Gasteiger partial charge in [0.05, 0.1) is 0 Å². The molecule has 2 unspecified atom stereocenters. The summed E-state index contributed by atoms with van der Waals surface area (Å²) in [5.74, 6) is 0.873. The van der Waals surface area contributed by atoms with E-state index in [0.717, 1.165) is 32.4 Å². The molecule has 1 fully saturated rings. The Bertz CT molecular complexity index is 478. The van der Waals surface area contributed by atoms with E-state index in [1.165, 1.54) is 16.7 Å². The van der Waals surface area contributed by atoms with Gasteiger partial charge in [0.2, 0.25) is 5.91 Å². The molecule has 0 aromatic heterocycles. The maximum Gasteiger partial charge on any atom is 0.222 e. The molecule has 1 aromatic carbocycles. The number of likely N-dealkylation sites (N-methyl/N-ethyl adjacent to an activating group) is 1. The van der Waals surface area contributed by atoms with Crippen molar-refractivity contribution in [1.82, 2.24) is 10.2 Å². The van der Waals surface area contributed by atoms with Gasteiger partial charge in [0, 0.05) is 25.6 Å². The van der Waals surface area contributed by atoms with Crippen molar-refractivity contribution >= 4 is 5.91 Å². The van der Waals surface area contributed by atoms with Crippen molar-refractivity contribution in [3.8, 4) is 0 Å². The second kappa shape index (κ2) is 7.08. The molecule has 1 N–H and O–H groups in total. The van der Waals surface area contributed by atoms with Gasteiger partial charge in [0.15, 0.2) is 0 Å². The highest BCUT2D eigenvalue weighted by atomic mass is 16.2. The van der Waals surface area contributed by atoms with E-state index >= 15 is 0 Å². The van der Waals surface area contributed by atoms with Crippen LogP contribution in [-0.4, -0.2) is 30.9 Å². The molecule has 0 radical (unpaired) electrons. The van der Waals surface area contributed by atoms with Crippen LogP contribution in [0.25, 0.3) is 0 Å². The molecule has 21 heavy (non-hydrogen) atoms. The van der Waals surface area contributed by atoms with Crippen LogP contribution in [0, 0.1) is 19.8 Å². The standard InChI is InChI=1S/C18H28N2O/c1-5-6-15-10-18(21)20(11-15)12-17(19-4)16-8-13(2)7-14(3)9-16/h7-9,15,17,19H,5-6,10-12H2,1-4H3. The van der Waals surface area contributed by atoms with Gasteiger partial charge >= 0.3 is 0 Å². The first-order chi connectivity index (χ1) is 10.0. The first-order valence-corrected chi connectivity index (χ1v) is 8.06. The van der Waals surface area contributed by atoms with Crippen LogP contribution in [0.2, 0.25) is 0 Å². The average molecular weight is 288 g/mol. The van der Waals surface area contributed by atoms with Crippen molar-refractivity contribution in [2.24, 2.45) is 5.92 Å². The molecule has 0 bridgehead atoms. The summed E-state index contributed by atoms with van der Waals surface area (Å²) in [7, 11) is 1.98. The largest absolute Gasteiger partial charge is 0.340 e. The van der Waals surface area contributed by atoms with Gasteiger partial charge in [0.1, 0.15) is 0 Å². The topological polar surface area (TPSA) is 32.3 Å². The van der Waals surface area contributed by atoms with Crippen LogP contribution in [0.4, 0.5) is 0 Å². The van der Waals surface area contributed by atoms with Gasteiger partial charge in [0.25, 0.3) is 0 Å². The Morgan fingerprint density at radius 3 is 2.52 bits per heavy atom. The lowest BCUT2D eigenvalue weighted by atomic mass is 10.0. The maximum atomic E-state index is 12.2. The summed E-state index contributed by atoms with van der Waals surface area (Å²) in [5, 5.41) is 3.37. The molecule has 116 valence electrons. The van der Waals surface area contributed by atoms with E-state index in [0.29, 0.717) is 11.8 Å². The highest BCUT2D eigenvalue weighted by Crippen LogP contribution is 2.25. The summed E-state index contributed by atoms with van der Waals surface area (Å²) in [6, 6.07) is 6.85. The summed E-state index contributed by atoms with van der Waals surface area (Å²) >= 11 is 0. The van der Waals surface area contributed by atoms with Crippen LogP contribution in [0.1, 0.15) is 48.9 Å². The van der Waals surface area contributed by atoms with E-state index in [-0.39, 0.29) is 6.04 Å². The molecule has 1 saturated heterocycles. The predicted molar refractivity (Wildman–Crippen MR) is 87.3 cm³/mol. The number of likely N-dealkylation sites (tertiary alicyclic amines) is 1. The highest BCUT2D eigenvalue weighted by Gasteiger charge is 2.30. The Hall–Kier alpha value is -1.35. The van der Waals surface area contributed by atoms with Crippen molar-refractivity contribution in [1.29, 1.82) is 0 Å². The molecule has 0 aliphatic carbocycles. The molecule has 2 atom stereocenters. The maximum absolute atomic E-state index is 12.2. The third-order valence-corrected chi connectivity index (χ3v) is 4.39. The zero-order valence-electron chi connectivity index (χ0n) is 13.8. The normalized spacial score (nSPS) is 20.1. The van der Waals surface area contributed by atoms with Crippen molar-refractivity contribution in [2.75, 3.05) is 20.1 Å². The monoisotopic (exact) mass is 288 g/mol. The lowest BCUT2D eigenvalue weighted by Crippen LogP contribution is -2.35. The minimum absolute atomic E-state index is 0.216. The molecule has 1 aromatic rings. The molecule has 3 nitrogen and oxygen atoms in total. The molecule has 1 amide bonds. The second-order valence-electron chi connectivity index (χ2n) is 6.42. The lowest BCUT2D eigenvalue weighted by molar-refractivity contribution is -0.128. The molecule has 0 spiro atoms. The summed E-state index contributed by atoms with van der Waals surface area (Å²) < 4.78 is 0. The number of rotatable bonds is 6. The minimum Gasteiger partial charge on any atom is -0.340 e. The van der Waals surface area contributed by atoms with Gasteiger partial charge < -0.3 is 10.2 Å². The third kappa shape index (κ3) is 4.07. The molecule has 3 heteroatoms. The number of nitrogens with zero attached hydrogens (tertiary/aromatic N) is 1. The quantitative estimate of drug-likeness (QED) is 0.871. The molecule has 1 aliphatic heterocycles. The molecular formula is C18H28N2O. The number of benzene rings is 1. The minimum atomic E-state index is 0.216. The molecule has 1 aliphatic rings. The van der Waals surface area contributed by atoms with Crippen molar-refractivity contribution in [3.63, 3.8) is 0 Å². The van der Waals surface area contributed by atoms with Crippen LogP contribution >= 0.6 is 0 Å². The fourth-order valence-corrected chi connectivity index (χ4v) is 3.43. The number of hydrogen-bond donors (Lipinski definition) is 1. The van der Waals surface area contributed by atoms with Gasteiger partial charge in [-0.05, 0) is 38.8 Å². The van der Waals surface area contributed by atoms with E-state index in [9.17, 15) is 4.79 Å². The smallest absolute Gasteiger partial charge is 0.222 e.